The first kappa shape index (κ1) is 22.4. The van der Waals surface area contributed by atoms with Crippen LogP contribution in [-0.2, 0) is 14.0 Å². The summed E-state index contributed by atoms with van der Waals surface area (Å²) >= 11 is 0. The van der Waals surface area contributed by atoms with Crippen molar-refractivity contribution < 1.29 is 18.8 Å². The van der Waals surface area contributed by atoms with Crippen molar-refractivity contribution in [3.05, 3.63) is 42.0 Å². The van der Waals surface area contributed by atoms with E-state index >= 15 is 0 Å². The first-order valence-corrected chi connectivity index (χ1v) is 12.6. The van der Waals surface area contributed by atoms with Crippen molar-refractivity contribution in [2.75, 3.05) is 6.61 Å². The summed E-state index contributed by atoms with van der Waals surface area (Å²) in [5, 5.41) is 0.0307. The Morgan fingerprint density at radius 3 is 2.14 bits per heavy atom. The SMILES string of the molecule is CC(C)(C)OC(=O)N1C(=O)C=C(c2ccccc2)[C@H]1CO[Si](C)(C)C(C)(C)C. The van der Waals surface area contributed by atoms with E-state index in [1.165, 1.54) is 11.0 Å². The highest BCUT2D eigenvalue weighted by molar-refractivity contribution is 6.74. The standard InChI is InChI=1S/C22H33NO4Si/c1-21(2,3)27-20(25)23-18(15-26-28(7,8)22(4,5)6)17(14-19(23)24)16-12-10-9-11-13-16/h9-14,18H,15H2,1-8H3/t18-/m1/s1. The molecule has 2 rings (SSSR count). The lowest BCUT2D eigenvalue weighted by molar-refractivity contribution is -0.125. The molecule has 1 heterocycles. The van der Waals surface area contributed by atoms with Crippen LogP contribution in [0.25, 0.3) is 5.57 Å². The molecule has 0 aliphatic carbocycles. The molecule has 0 unspecified atom stereocenters. The molecule has 0 bridgehead atoms. The van der Waals surface area contributed by atoms with Crippen LogP contribution in [0.1, 0.15) is 47.1 Å². The maximum Gasteiger partial charge on any atom is 0.417 e. The number of ether oxygens (including phenoxy) is 1. The number of rotatable bonds is 4. The van der Waals surface area contributed by atoms with Crippen LogP contribution in [0.15, 0.2) is 36.4 Å². The second-order valence-electron chi connectivity index (χ2n) is 9.74. The van der Waals surface area contributed by atoms with Gasteiger partial charge in [-0.05, 0) is 50.0 Å². The minimum atomic E-state index is -2.05. The van der Waals surface area contributed by atoms with Crippen LogP contribution in [0, 0.1) is 0 Å². The van der Waals surface area contributed by atoms with E-state index in [1.807, 2.05) is 30.3 Å². The lowest BCUT2D eigenvalue weighted by atomic mass is 10.0. The lowest BCUT2D eigenvalue weighted by Crippen LogP contribution is -2.49. The minimum Gasteiger partial charge on any atom is -0.443 e. The molecule has 5 nitrogen and oxygen atoms in total. The van der Waals surface area contributed by atoms with Gasteiger partial charge in [0.15, 0.2) is 8.32 Å². The zero-order valence-corrected chi connectivity index (χ0v) is 19.3. The summed E-state index contributed by atoms with van der Waals surface area (Å²) in [7, 11) is -2.05. The van der Waals surface area contributed by atoms with E-state index in [0.29, 0.717) is 0 Å². The number of benzene rings is 1. The molecule has 1 aromatic carbocycles. The Bertz CT molecular complexity index is 757. The van der Waals surface area contributed by atoms with Gasteiger partial charge in [-0.1, -0.05) is 51.1 Å². The summed E-state index contributed by atoms with van der Waals surface area (Å²) < 4.78 is 11.9. The number of nitrogens with zero attached hydrogens (tertiary/aromatic N) is 1. The molecule has 154 valence electrons. The number of imide groups is 1. The molecular formula is C22H33NO4Si. The van der Waals surface area contributed by atoms with Gasteiger partial charge >= 0.3 is 6.09 Å². The van der Waals surface area contributed by atoms with Crippen LogP contribution >= 0.6 is 0 Å². The summed E-state index contributed by atoms with van der Waals surface area (Å²) in [5.74, 6) is -0.364. The van der Waals surface area contributed by atoms with Gasteiger partial charge in [-0.2, -0.15) is 0 Å². The van der Waals surface area contributed by atoms with Gasteiger partial charge in [0.2, 0.25) is 0 Å². The molecule has 0 aromatic heterocycles. The van der Waals surface area contributed by atoms with Crippen LogP contribution in [-0.4, -0.2) is 43.5 Å². The summed E-state index contributed by atoms with van der Waals surface area (Å²) in [4.78, 5) is 26.7. The number of hydrogen-bond donors (Lipinski definition) is 0. The molecule has 28 heavy (non-hydrogen) atoms. The second-order valence-corrected chi connectivity index (χ2v) is 14.6. The van der Waals surface area contributed by atoms with Crippen molar-refractivity contribution in [3.8, 4) is 0 Å². The molecule has 1 atom stereocenters. The van der Waals surface area contributed by atoms with Crippen LogP contribution in [0.2, 0.25) is 18.1 Å². The fourth-order valence-corrected chi connectivity index (χ4v) is 3.70. The second kappa shape index (κ2) is 7.83. The third-order valence-electron chi connectivity index (χ3n) is 5.29. The van der Waals surface area contributed by atoms with Crippen molar-refractivity contribution in [2.24, 2.45) is 0 Å². The van der Waals surface area contributed by atoms with Crippen molar-refractivity contribution >= 4 is 25.9 Å². The monoisotopic (exact) mass is 403 g/mol. The smallest absolute Gasteiger partial charge is 0.417 e. The van der Waals surface area contributed by atoms with Gasteiger partial charge in [0.05, 0.1) is 12.6 Å². The Labute approximate surface area is 169 Å². The molecule has 0 saturated carbocycles. The van der Waals surface area contributed by atoms with Crippen molar-refractivity contribution in [1.29, 1.82) is 0 Å². The van der Waals surface area contributed by atoms with Crippen molar-refractivity contribution in [3.63, 3.8) is 0 Å². The summed E-state index contributed by atoms with van der Waals surface area (Å²) in [6.45, 7) is 16.5. The summed E-state index contributed by atoms with van der Waals surface area (Å²) in [6, 6.07) is 9.14. The van der Waals surface area contributed by atoms with E-state index in [0.717, 1.165) is 11.1 Å². The van der Waals surface area contributed by atoms with E-state index in [4.69, 9.17) is 9.16 Å². The number of carbonyl (C=O) groups is 2. The first-order valence-electron chi connectivity index (χ1n) is 9.70. The van der Waals surface area contributed by atoms with Gasteiger partial charge in [0.25, 0.3) is 5.91 Å². The third-order valence-corrected chi connectivity index (χ3v) is 9.79. The predicted molar refractivity (Wildman–Crippen MR) is 114 cm³/mol. The molecule has 0 saturated heterocycles. The highest BCUT2D eigenvalue weighted by atomic mass is 28.4. The van der Waals surface area contributed by atoms with Gasteiger partial charge in [0.1, 0.15) is 5.60 Å². The van der Waals surface area contributed by atoms with Crippen LogP contribution in [0.3, 0.4) is 0 Å². The van der Waals surface area contributed by atoms with Crippen molar-refractivity contribution in [2.45, 2.75) is 71.3 Å². The zero-order chi connectivity index (χ0) is 21.3. The van der Waals surface area contributed by atoms with E-state index < -0.39 is 26.1 Å². The van der Waals surface area contributed by atoms with Gasteiger partial charge < -0.3 is 9.16 Å². The highest BCUT2D eigenvalue weighted by Gasteiger charge is 2.43. The lowest BCUT2D eigenvalue weighted by Gasteiger charge is -2.38. The first-order chi connectivity index (χ1) is 12.7. The normalized spacial score (nSPS) is 18.3. The molecule has 0 spiro atoms. The largest absolute Gasteiger partial charge is 0.443 e. The molecule has 0 radical (unpaired) electrons. The molecule has 2 amide bonds. The van der Waals surface area contributed by atoms with E-state index in [1.54, 1.807) is 20.8 Å². The van der Waals surface area contributed by atoms with E-state index in [2.05, 4.69) is 33.9 Å². The maximum atomic E-state index is 12.8. The van der Waals surface area contributed by atoms with Crippen molar-refractivity contribution in [1.82, 2.24) is 4.90 Å². The van der Waals surface area contributed by atoms with Gasteiger partial charge in [0, 0.05) is 6.08 Å². The maximum absolute atomic E-state index is 12.8. The average Bonchev–Trinajstić information content (AvgIpc) is 2.88. The fourth-order valence-electron chi connectivity index (χ4n) is 2.69. The molecular weight excluding hydrogens is 370 g/mol. The van der Waals surface area contributed by atoms with Gasteiger partial charge in [-0.3, -0.25) is 4.79 Å². The topological polar surface area (TPSA) is 55.8 Å². The van der Waals surface area contributed by atoms with E-state index in [9.17, 15) is 9.59 Å². The van der Waals surface area contributed by atoms with Crippen LogP contribution in [0.4, 0.5) is 4.79 Å². The zero-order valence-electron chi connectivity index (χ0n) is 18.3. The predicted octanol–water partition coefficient (Wildman–Crippen LogP) is 5.24. The van der Waals surface area contributed by atoms with E-state index in [-0.39, 0.29) is 17.6 Å². The number of amides is 2. The summed E-state index contributed by atoms with van der Waals surface area (Å²) in [6.07, 6.45) is 0.891. The Morgan fingerprint density at radius 2 is 1.64 bits per heavy atom. The third kappa shape index (κ3) is 5.11. The number of hydrogen-bond acceptors (Lipinski definition) is 4. The minimum absolute atomic E-state index is 0.0307. The quantitative estimate of drug-likeness (QED) is 0.645. The van der Waals surface area contributed by atoms with Gasteiger partial charge in [-0.25, -0.2) is 9.69 Å². The average molecular weight is 404 g/mol. The Balaban J connectivity index is 2.35. The Morgan fingerprint density at radius 1 is 1.07 bits per heavy atom. The molecule has 6 heteroatoms. The molecule has 1 aliphatic heterocycles. The van der Waals surface area contributed by atoms with Crippen LogP contribution in [0.5, 0.6) is 0 Å². The van der Waals surface area contributed by atoms with Crippen LogP contribution < -0.4 is 0 Å². The molecule has 1 aromatic rings. The highest BCUT2D eigenvalue weighted by Crippen LogP contribution is 2.38. The molecule has 0 fully saturated rings. The van der Waals surface area contributed by atoms with Gasteiger partial charge in [-0.15, -0.1) is 0 Å². The Kier molecular flexibility index (Phi) is 6.26. The Hall–Kier alpha value is -1.92. The molecule has 1 aliphatic rings. The summed E-state index contributed by atoms with van der Waals surface area (Å²) in [5.41, 5.74) is 1.01. The molecule has 0 N–H and O–H groups in total. The number of carbonyl (C=O) groups excluding carboxylic acids is 2. The fraction of sp³-hybridized carbons (Fsp3) is 0.545.